The Labute approximate surface area is 130 Å². The van der Waals surface area contributed by atoms with Gasteiger partial charge in [0.15, 0.2) is 5.78 Å². The highest BCUT2D eigenvalue weighted by atomic mass is 35.5. The van der Waals surface area contributed by atoms with Gasteiger partial charge in [0.1, 0.15) is 0 Å². The molecule has 0 saturated heterocycles. The first-order valence-corrected chi connectivity index (χ1v) is 6.65. The first-order chi connectivity index (χ1) is 8.90. The Kier molecular flexibility index (Phi) is 4.26. The van der Waals surface area contributed by atoms with Gasteiger partial charge in [0, 0.05) is 11.1 Å². The van der Waals surface area contributed by atoms with Gasteiger partial charge < -0.3 is 5.73 Å². The Morgan fingerprint density at radius 3 is 2.05 bits per heavy atom. The number of halogens is 4. The summed E-state index contributed by atoms with van der Waals surface area (Å²) in [6.07, 6.45) is 0. The molecule has 19 heavy (non-hydrogen) atoms. The van der Waals surface area contributed by atoms with Crippen LogP contribution in [0.4, 0.5) is 5.69 Å². The standard InChI is InChI=1S/C13H7Cl4NO/c14-8-2-1-6(3-9(8)15)13(19)7-4-10(16)12(17)11(18)5-7/h1-5H,18H2. The normalized spacial score (nSPS) is 10.5. The molecule has 0 bridgehead atoms. The lowest BCUT2D eigenvalue weighted by atomic mass is 10.0. The number of rotatable bonds is 2. The summed E-state index contributed by atoms with van der Waals surface area (Å²) < 4.78 is 0. The molecule has 2 aromatic carbocycles. The zero-order chi connectivity index (χ0) is 14.2. The van der Waals surface area contributed by atoms with E-state index < -0.39 is 0 Å². The molecule has 0 spiro atoms. The Morgan fingerprint density at radius 1 is 0.842 bits per heavy atom. The molecule has 0 aliphatic rings. The van der Waals surface area contributed by atoms with Crippen LogP contribution in [0.5, 0.6) is 0 Å². The molecule has 0 aromatic heterocycles. The lowest BCUT2D eigenvalue weighted by Crippen LogP contribution is -2.03. The lowest BCUT2D eigenvalue weighted by Gasteiger charge is -2.06. The summed E-state index contributed by atoms with van der Waals surface area (Å²) in [7, 11) is 0. The SMILES string of the molecule is Nc1cc(C(=O)c2ccc(Cl)c(Cl)c2)cc(Cl)c1Cl. The van der Waals surface area contributed by atoms with Crippen molar-refractivity contribution < 1.29 is 4.79 Å². The van der Waals surface area contributed by atoms with E-state index in [9.17, 15) is 4.79 Å². The van der Waals surface area contributed by atoms with Crippen LogP contribution in [-0.4, -0.2) is 5.78 Å². The van der Waals surface area contributed by atoms with Gasteiger partial charge in [-0.25, -0.2) is 0 Å². The average Bonchev–Trinajstić information content (AvgIpc) is 2.37. The summed E-state index contributed by atoms with van der Waals surface area (Å²) in [5.74, 6) is -0.260. The van der Waals surface area contributed by atoms with E-state index in [1.807, 2.05) is 0 Å². The first-order valence-electron chi connectivity index (χ1n) is 5.14. The maximum absolute atomic E-state index is 12.3. The molecule has 0 radical (unpaired) electrons. The average molecular weight is 335 g/mol. The summed E-state index contributed by atoms with van der Waals surface area (Å²) in [4.78, 5) is 12.3. The van der Waals surface area contributed by atoms with Crippen molar-refractivity contribution in [3.63, 3.8) is 0 Å². The van der Waals surface area contributed by atoms with Gasteiger partial charge in [-0.15, -0.1) is 0 Å². The summed E-state index contributed by atoms with van der Waals surface area (Å²) in [6.45, 7) is 0. The zero-order valence-electron chi connectivity index (χ0n) is 9.38. The first kappa shape index (κ1) is 14.5. The van der Waals surface area contributed by atoms with Crippen molar-refractivity contribution in [2.24, 2.45) is 0 Å². The third-order valence-corrected chi connectivity index (χ3v) is 4.06. The third kappa shape index (κ3) is 2.98. The Balaban J connectivity index is 2.47. The van der Waals surface area contributed by atoms with E-state index >= 15 is 0 Å². The molecule has 2 nitrogen and oxygen atoms in total. The van der Waals surface area contributed by atoms with E-state index in [0.29, 0.717) is 21.2 Å². The maximum atomic E-state index is 12.3. The molecule has 0 heterocycles. The van der Waals surface area contributed by atoms with Crippen LogP contribution in [0.3, 0.4) is 0 Å². The Morgan fingerprint density at radius 2 is 1.47 bits per heavy atom. The maximum Gasteiger partial charge on any atom is 0.193 e. The number of hydrogen-bond donors (Lipinski definition) is 1. The number of carbonyl (C=O) groups is 1. The minimum absolute atomic E-state index is 0.227. The molecular weight excluding hydrogens is 328 g/mol. The molecule has 2 N–H and O–H groups in total. The molecule has 0 aliphatic carbocycles. The molecule has 98 valence electrons. The molecule has 6 heteroatoms. The molecule has 2 rings (SSSR count). The fourth-order valence-electron chi connectivity index (χ4n) is 1.55. The lowest BCUT2D eigenvalue weighted by molar-refractivity contribution is 0.103. The van der Waals surface area contributed by atoms with Gasteiger partial charge in [-0.3, -0.25) is 4.79 Å². The third-order valence-electron chi connectivity index (χ3n) is 2.50. The summed E-state index contributed by atoms with van der Waals surface area (Å²) in [6, 6.07) is 7.56. The highest BCUT2D eigenvalue weighted by molar-refractivity contribution is 6.44. The van der Waals surface area contributed by atoms with Crippen molar-refractivity contribution >= 4 is 57.9 Å². The number of nitrogen functional groups attached to an aromatic ring is 1. The minimum Gasteiger partial charge on any atom is -0.397 e. The van der Waals surface area contributed by atoms with Crippen LogP contribution in [0, 0.1) is 0 Å². The summed E-state index contributed by atoms with van der Waals surface area (Å²) in [5, 5.41) is 1.14. The van der Waals surface area contributed by atoms with Gasteiger partial charge >= 0.3 is 0 Å². The predicted molar refractivity (Wildman–Crippen MR) is 80.8 cm³/mol. The molecule has 0 atom stereocenters. The second-order valence-corrected chi connectivity index (χ2v) is 5.42. The van der Waals surface area contributed by atoms with Crippen LogP contribution in [0.1, 0.15) is 15.9 Å². The number of nitrogens with two attached hydrogens (primary N) is 1. The zero-order valence-corrected chi connectivity index (χ0v) is 12.4. The van der Waals surface area contributed by atoms with Gasteiger partial charge in [-0.05, 0) is 30.3 Å². The van der Waals surface area contributed by atoms with E-state index in [4.69, 9.17) is 52.1 Å². The van der Waals surface area contributed by atoms with Gasteiger partial charge in [-0.1, -0.05) is 46.4 Å². The number of ketones is 1. The Bertz CT molecular complexity index is 647. The summed E-state index contributed by atoms with van der Waals surface area (Å²) >= 11 is 23.4. The smallest absolute Gasteiger partial charge is 0.193 e. The van der Waals surface area contributed by atoms with E-state index in [-0.39, 0.29) is 21.5 Å². The largest absolute Gasteiger partial charge is 0.397 e. The van der Waals surface area contributed by atoms with Crippen LogP contribution in [0.15, 0.2) is 30.3 Å². The van der Waals surface area contributed by atoms with Gasteiger partial charge in [0.25, 0.3) is 0 Å². The predicted octanol–water partition coefficient (Wildman–Crippen LogP) is 5.11. The molecule has 0 amide bonds. The fourth-order valence-corrected chi connectivity index (χ4v) is 2.18. The molecular formula is C13H7Cl4NO. The number of carbonyl (C=O) groups excluding carboxylic acids is 1. The number of hydrogen-bond acceptors (Lipinski definition) is 2. The topological polar surface area (TPSA) is 43.1 Å². The van der Waals surface area contributed by atoms with Crippen LogP contribution < -0.4 is 5.73 Å². The highest BCUT2D eigenvalue weighted by Gasteiger charge is 2.14. The Hall–Kier alpha value is -0.930. The molecule has 0 aliphatic heterocycles. The minimum atomic E-state index is -0.260. The quantitative estimate of drug-likeness (QED) is 0.612. The van der Waals surface area contributed by atoms with Gasteiger partial charge in [0.05, 0.1) is 25.8 Å². The van der Waals surface area contributed by atoms with Gasteiger partial charge in [-0.2, -0.15) is 0 Å². The second kappa shape index (κ2) is 5.59. The monoisotopic (exact) mass is 333 g/mol. The summed E-state index contributed by atoms with van der Waals surface area (Å²) in [5.41, 5.74) is 6.66. The van der Waals surface area contributed by atoms with Crippen LogP contribution in [0.2, 0.25) is 20.1 Å². The highest BCUT2D eigenvalue weighted by Crippen LogP contribution is 2.31. The molecule has 0 fully saturated rings. The van der Waals surface area contributed by atoms with Crippen LogP contribution in [0.25, 0.3) is 0 Å². The van der Waals surface area contributed by atoms with Crippen molar-refractivity contribution in [1.82, 2.24) is 0 Å². The van der Waals surface area contributed by atoms with Crippen molar-refractivity contribution in [1.29, 1.82) is 0 Å². The van der Waals surface area contributed by atoms with Crippen molar-refractivity contribution in [3.8, 4) is 0 Å². The molecule has 0 saturated carbocycles. The van der Waals surface area contributed by atoms with Crippen molar-refractivity contribution in [2.75, 3.05) is 5.73 Å². The number of benzene rings is 2. The van der Waals surface area contributed by atoms with E-state index in [2.05, 4.69) is 0 Å². The van der Waals surface area contributed by atoms with Crippen LogP contribution >= 0.6 is 46.4 Å². The van der Waals surface area contributed by atoms with Crippen molar-refractivity contribution in [3.05, 3.63) is 61.5 Å². The number of anilines is 1. The molecule has 0 unspecified atom stereocenters. The van der Waals surface area contributed by atoms with E-state index in [1.165, 1.54) is 18.2 Å². The van der Waals surface area contributed by atoms with E-state index in [0.717, 1.165) is 0 Å². The molecule has 2 aromatic rings. The van der Waals surface area contributed by atoms with E-state index in [1.54, 1.807) is 12.1 Å². The van der Waals surface area contributed by atoms with Crippen LogP contribution in [-0.2, 0) is 0 Å². The van der Waals surface area contributed by atoms with Gasteiger partial charge in [0.2, 0.25) is 0 Å². The fraction of sp³-hybridized carbons (Fsp3) is 0. The van der Waals surface area contributed by atoms with Crippen molar-refractivity contribution in [2.45, 2.75) is 0 Å². The second-order valence-electron chi connectivity index (χ2n) is 3.82.